The van der Waals surface area contributed by atoms with Gasteiger partial charge < -0.3 is 15.9 Å². The Bertz CT molecular complexity index is 701. The van der Waals surface area contributed by atoms with Crippen LogP contribution in [-0.4, -0.2) is 18.3 Å². The summed E-state index contributed by atoms with van der Waals surface area (Å²) in [5, 5.41) is 5.94. The molecule has 0 aliphatic carbocycles. The van der Waals surface area contributed by atoms with Gasteiger partial charge in [0.25, 0.3) is 5.91 Å². The lowest BCUT2D eigenvalue weighted by Gasteiger charge is -2.05. The highest BCUT2D eigenvalue weighted by Crippen LogP contribution is 2.12. The SMILES string of the molecule is N/C(CCc1ccccc1)=N\OCC(=O)Nc1cc(F)cc(F)c1. The van der Waals surface area contributed by atoms with Crippen molar-refractivity contribution in [1.29, 1.82) is 0 Å². The number of hydrogen-bond acceptors (Lipinski definition) is 3. The second-order valence-corrected chi connectivity index (χ2v) is 5.05. The molecule has 2 rings (SSSR count). The molecule has 0 aromatic heterocycles. The third-order valence-electron chi connectivity index (χ3n) is 3.04. The zero-order valence-corrected chi connectivity index (χ0v) is 12.8. The Kier molecular flexibility index (Phi) is 6.24. The van der Waals surface area contributed by atoms with Gasteiger partial charge in [-0.2, -0.15) is 0 Å². The normalized spacial score (nSPS) is 11.2. The Labute approximate surface area is 138 Å². The molecule has 1 amide bonds. The Hall–Kier alpha value is -2.96. The number of hydrogen-bond donors (Lipinski definition) is 2. The molecule has 0 aliphatic rings. The molecule has 0 bridgehead atoms. The Morgan fingerprint density at radius 2 is 1.79 bits per heavy atom. The summed E-state index contributed by atoms with van der Waals surface area (Å²) in [5.74, 6) is -1.91. The van der Waals surface area contributed by atoms with Crippen molar-refractivity contribution in [2.24, 2.45) is 10.9 Å². The minimum absolute atomic E-state index is 0.00197. The van der Waals surface area contributed by atoms with Gasteiger partial charge in [-0.3, -0.25) is 4.79 Å². The molecular formula is C17H17F2N3O2. The van der Waals surface area contributed by atoms with Gasteiger partial charge in [0.05, 0.1) is 0 Å². The molecule has 3 N–H and O–H groups in total. The summed E-state index contributed by atoms with van der Waals surface area (Å²) in [5.41, 5.74) is 6.81. The summed E-state index contributed by atoms with van der Waals surface area (Å²) in [7, 11) is 0. The zero-order valence-electron chi connectivity index (χ0n) is 12.8. The number of nitrogens with two attached hydrogens (primary N) is 1. The molecular weight excluding hydrogens is 316 g/mol. The van der Waals surface area contributed by atoms with E-state index in [1.54, 1.807) is 0 Å². The van der Waals surface area contributed by atoms with E-state index in [9.17, 15) is 13.6 Å². The number of oxime groups is 1. The van der Waals surface area contributed by atoms with Crippen LogP contribution >= 0.6 is 0 Å². The van der Waals surface area contributed by atoms with Crippen LogP contribution in [0.5, 0.6) is 0 Å². The number of aryl methyl sites for hydroxylation is 1. The number of nitrogens with zero attached hydrogens (tertiary/aromatic N) is 1. The van der Waals surface area contributed by atoms with E-state index >= 15 is 0 Å². The summed E-state index contributed by atoms with van der Waals surface area (Å²) in [4.78, 5) is 16.4. The fourth-order valence-corrected chi connectivity index (χ4v) is 1.96. The van der Waals surface area contributed by atoms with E-state index in [1.165, 1.54) is 0 Å². The lowest BCUT2D eigenvalue weighted by atomic mass is 10.1. The second-order valence-electron chi connectivity index (χ2n) is 5.05. The molecule has 126 valence electrons. The highest BCUT2D eigenvalue weighted by Gasteiger charge is 2.06. The van der Waals surface area contributed by atoms with Crippen molar-refractivity contribution < 1.29 is 18.4 Å². The van der Waals surface area contributed by atoms with E-state index in [-0.39, 0.29) is 11.5 Å². The van der Waals surface area contributed by atoms with Crippen molar-refractivity contribution in [2.75, 3.05) is 11.9 Å². The van der Waals surface area contributed by atoms with Crippen molar-refractivity contribution in [3.05, 3.63) is 65.7 Å². The molecule has 0 spiro atoms. The number of carbonyl (C=O) groups excluding carboxylic acids is 1. The maximum atomic E-state index is 13.0. The average molecular weight is 333 g/mol. The van der Waals surface area contributed by atoms with E-state index in [0.717, 1.165) is 17.7 Å². The molecule has 2 aromatic carbocycles. The van der Waals surface area contributed by atoms with Crippen LogP contribution in [0.25, 0.3) is 0 Å². The molecule has 0 unspecified atom stereocenters. The largest absolute Gasteiger partial charge is 0.384 e. The highest BCUT2D eigenvalue weighted by atomic mass is 19.1. The third-order valence-corrected chi connectivity index (χ3v) is 3.04. The number of rotatable bonds is 7. The summed E-state index contributed by atoms with van der Waals surface area (Å²) >= 11 is 0. The third kappa shape index (κ3) is 6.04. The van der Waals surface area contributed by atoms with Crippen LogP contribution in [0, 0.1) is 11.6 Å². The molecule has 0 saturated heterocycles. The standard InChI is InChI=1S/C17H17F2N3O2/c18-13-8-14(19)10-15(9-13)21-17(23)11-24-22-16(20)7-6-12-4-2-1-3-5-12/h1-5,8-10H,6-7,11H2,(H2,20,22)(H,21,23). The van der Waals surface area contributed by atoms with Crippen molar-refractivity contribution >= 4 is 17.4 Å². The Balaban J connectivity index is 1.74. The van der Waals surface area contributed by atoms with Crippen LogP contribution in [0.4, 0.5) is 14.5 Å². The molecule has 0 fully saturated rings. The number of benzene rings is 2. The van der Waals surface area contributed by atoms with Gasteiger partial charge >= 0.3 is 0 Å². The molecule has 7 heteroatoms. The van der Waals surface area contributed by atoms with Gasteiger partial charge in [-0.25, -0.2) is 8.78 Å². The maximum Gasteiger partial charge on any atom is 0.265 e. The molecule has 24 heavy (non-hydrogen) atoms. The van der Waals surface area contributed by atoms with Crippen LogP contribution in [-0.2, 0) is 16.1 Å². The number of halogens is 2. The minimum Gasteiger partial charge on any atom is -0.384 e. The number of anilines is 1. The summed E-state index contributed by atoms with van der Waals surface area (Å²) < 4.78 is 26.0. The fourth-order valence-electron chi connectivity index (χ4n) is 1.96. The molecule has 0 aliphatic heterocycles. The molecule has 5 nitrogen and oxygen atoms in total. The molecule has 0 atom stereocenters. The van der Waals surface area contributed by atoms with Crippen molar-refractivity contribution in [1.82, 2.24) is 0 Å². The van der Waals surface area contributed by atoms with E-state index in [2.05, 4.69) is 10.5 Å². The predicted octanol–water partition coefficient (Wildman–Crippen LogP) is 2.82. The summed E-state index contributed by atoms with van der Waals surface area (Å²) in [6.07, 6.45) is 1.19. The first-order valence-corrected chi connectivity index (χ1v) is 7.27. The van der Waals surface area contributed by atoms with Crippen molar-refractivity contribution in [3.63, 3.8) is 0 Å². The first kappa shape index (κ1) is 17.4. The van der Waals surface area contributed by atoms with Gasteiger partial charge in [0.2, 0.25) is 0 Å². The van der Waals surface area contributed by atoms with Crippen LogP contribution in [0.1, 0.15) is 12.0 Å². The summed E-state index contributed by atoms with van der Waals surface area (Å²) in [6.45, 7) is -0.413. The number of amidine groups is 1. The monoisotopic (exact) mass is 333 g/mol. The van der Waals surface area contributed by atoms with Gasteiger partial charge in [0.15, 0.2) is 6.61 Å². The van der Waals surface area contributed by atoms with E-state index in [1.807, 2.05) is 30.3 Å². The lowest BCUT2D eigenvalue weighted by Crippen LogP contribution is -2.19. The fraction of sp³-hybridized carbons (Fsp3) is 0.176. The van der Waals surface area contributed by atoms with Crippen LogP contribution in [0.15, 0.2) is 53.7 Å². The smallest absolute Gasteiger partial charge is 0.265 e. The van der Waals surface area contributed by atoms with E-state index in [0.29, 0.717) is 18.9 Å². The quantitative estimate of drug-likeness (QED) is 0.465. The maximum absolute atomic E-state index is 13.0. The van der Waals surface area contributed by atoms with E-state index < -0.39 is 24.1 Å². The topological polar surface area (TPSA) is 76.7 Å². The molecule has 0 radical (unpaired) electrons. The first-order chi connectivity index (χ1) is 11.5. The number of carbonyl (C=O) groups is 1. The highest BCUT2D eigenvalue weighted by molar-refractivity contribution is 5.91. The number of nitrogens with one attached hydrogen (secondary N) is 1. The van der Waals surface area contributed by atoms with Gasteiger partial charge in [0.1, 0.15) is 17.5 Å². The van der Waals surface area contributed by atoms with E-state index in [4.69, 9.17) is 10.6 Å². The van der Waals surface area contributed by atoms with Gasteiger partial charge in [-0.05, 0) is 24.1 Å². The minimum atomic E-state index is -0.783. The van der Waals surface area contributed by atoms with Gasteiger partial charge in [-0.15, -0.1) is 0 Å². The van der Waals surface area contributed by atoms with Crippen LogP contribution in [0.3, 0.4) is 0 Å². The summed E-state index contributed by atoms with van der Waals surface area (Å²) in [6, 6.07) is 12.4. The lowest BCUT2D eigenvalue weighted by molar-refractivity contribution is -0.120. The molecule has 0 heterocycles. The van der Waals surface area contributed by atoms with Crippen molar-refractivity contribution in [3.8, 4) is 0 Å². The Morgan fingerprint density at radius 1 is 1.12 bits per heavy atom. The van der Waals surface area contributed by atoms with Crippen LogP contribution < -0.4 is 11.1 Å². The van der Waals surface area contributed by atoms with Crippen molar-refractivity contribution in [2.45, 2.75) is 12.8 Å². The molecule has 2 aromatic rings. The molecule has 0 saturated carbocycles. The van der Waals surface area contributed by atoms with Gasteiger partial charge in [0, 0.05) is 18.2 Å². The zero-order chi connectivity index (χ0) is 17.4. The Morgan fingerprint density at radius 3 is 2.46 bits per heavy atom. The van der Waals surface area contributed by atoms with Gasteiger partial charge in [-0.1, -0.05) is 35.5 Å². The number of amides is 1. The first-order valence-electron chi connectivity index (χ1n) is 7.27. The average Bonchev–Trinajstić information content (AvgIpc) is 2.53. The van der Waals surface area contributed by atoms with Crippen LogP contribution in [0.2, 0.25) is 0 Å². The predicted molar refractivity (Wildman–Crippen MR) is 87.3 cm³/mol. The second kappa shape index (κ2) is 8.61.